The first kappa shape index (κ1) is 11.6. The van der Waals surface area contributed by atoms with Crippen molar-refractivity contribution in [2.24, 2.45) is 5.41 Å². The van der Waals surface area contributed by atoms with Gasteiger partial charge in [0, 0.05) is 6.54 Å². The molecule has 0 radical (unpaired) electrons. The highest BCUT2D eigenvalue weighted by Crippen LogP contribution is 2.31. The summed E-state index contributed by atoms with van der Waals surface area (Å²) < 4.78 is 2.09. The lowest BCUT2D eigenvalue weighted by atomic mass is 9.83. The summed E-state index contributed by atoms with van der Waals surface area (Å²) in [7, 11) is 0. The monoisotopic (exact) mass is 221 g/mol. The van der Waals surface area contributed by atoms with Crippen LogP contribution in [0, 0.1) is 5.41 Å². The van der Waals surface area contributed by atoms with Crippen molar-refractivity contribution >= 4 is 0 Å². The van der Waals surface area contributed by atoms with Crippen molar-refractivity contribution in [1.29, 1.82) is 0 Å². The van der Waals surface area contributed by atoms with Crippen LogP contribution in [-0.4, -0.2) is 15.0 Å². The zero-order chi connectivity index (χ0) is 11.6. The molecule has 0 saturated carbocycles. The molecular weight excluding hydrogens is 198 g/mol. The highest BCUT2D eigenvalue weighted by atomic mass is 15.4. The van der Waals surface area contributed by atoms with E-state index in [4.69, 9.17) is 0 Å². The van der Waals surface area contributed by atoms with Crippen LogP contribution in [0.2, 0.25) is 0 Å². The predicted molar refractivity (Wildman–Crippen MR) is 65.4 cm³/mol. The molecule has 16 heavy (non-hydrogen) atoms. The molecule has 1 aliphatic carbocycles. The SMILES string of the molecule is CCn1nnc2c1CC(C)(C)CCCCC2. The minimum Gasteiger partial charge on any atom is -0.249 e. The van der Waals surface area contributed by atoms with Gasteiger partial charge in [-0.1, -0.05) is 31.9 Å². The maximum atomic E-state index is 4.35. The van der Waals surface area contributed by atoms with E-state index in [1.807, 2.05) is 0 Å². The summed E-state index contributed by atoms with van der Waals surface area (Å²) in [5.74, 6) is 0. The van der Waals surface area contributed by atoms with Gasteiger partial charge in [-0.25, -0.2) is 4.68 Å². The Labute approximate surface area is 98.2 Å². The number of hydrogen-bond donors (Lipinski definition) is 0. The first-order chi connectivity index (χ1) is 7.62. The fourth-order valence-corrected chi connectivity index (χ4v) is 2.62. The van der Waals surface area contributed by atoms with E-state index in [-0.39, 0.29) is 0 Å². The number of nitrogens with zero attached hydrogens (tertiary/aromatic N) is 3. The highest BCUT2D eigenvalue weighted by molar-refractivity contribution is 5.13. The van der Waals surface area contributed by atoms with E-state index in [0.717, 1.165) is 19.4 Å². The second kappa shape index (κ2) is 4.56. The summed E-state index contributed by atoms with van der Waals surface area (Å²) in [5, 5.41) is 8.61. The van der Waals surface area contributed by atoms with Crippen LogP contribution < -0.4 is 0 Å². The standard InChI is InChI=1S/C13H23N3/c1-4-16-12-10-13(2,3)9-7-5-6-8-11(12)14-15-16/h4-10H2,1-3H3. The fourth-order valence-electron chi connectivity index (χ4n) is 2.62. The lowest BCUT2D eigenvalue weighted by Gasteiger charge is -2.24. The van der Waals surface area contributed by atoms with Gasteiger partial charge in [0.1, 0.15) is 0 Å². The van der Waals surface area contributed by atoms with Crippen LogP contribution in [0.1, 0.15) is 57.8 Å². The second-order valence-corrected chi connectivity index (χ2v) is 5.70. The van der Waals surface area contributed by atoms with E-state index in [2.05, 4.69) is 35.8 Å². The first-order valence-electron chi connectivity index (χ1n) is 6.53. The summed E-state index contributed by atoms with van der Waals surface area (Å²) in [4.78, 5) is 0. The summed E-state index contributed by atoms with van der Waals surface area (Å²) in [6.07, 6.45) is 7.53. The molecule has 0 spiro atoms. The van der Waals surface area contributed by atoms with Crippen LogP contribution in [0.15, 0.2) is 0 Å². The molecule has 0 amide bonds. The Morgan fingerprint density at radius 3 is 2.81 bits per heavy atom. The third-order valence-corrected chi connectivity index (χ3v) is 3.63. The molecule has 1 aromatic rings. The van der Waals surface area contributed by atoms with Gasteiger partial charge in [0.05, 0.1) is 11.4 Å². The lowest BCUT2D eigenvalue weighted by Crippen LogP contribution is -2.18. The average Bonchev–Trinajstić information content (AvgIpc) is 2.60. The molecule has 1 aliphatic rings. The average molecular weight is 221 g/mol. The highest BCUT2D eigenvalue weighted by Gasteiger charge is 2.24. The molecule has 90 valence electrons. The summed E-state index contributed by atoms with van der Waals surface area (Å²) in [5.41, 5.74) is 3.03. The quantitative estimate of drug-likeness (QED) is 0.730. The topological polar surface area (TPSA) is 30.7 Å². The van der Waals surface area contributed by atoms with Gasteiger partial charge in [-0.2, -0.15) is 0 Å². The summed E-state index contributed by atoms with van der Waals surface area (Å²) in [6.45, 7) is 7.83. The maximum Gasteiger partial charge on any atom is 0.0859 e. The molecule has 0 aliphatic heterocycles. The van der Waals surface area contributed by atoms with Crippen molar-refractivity contribution in [3.63, 3.8) is 0 Å². The Balaban J connectivity index is 2.31. The van der Waals surface area contributed by atoms with E-state index < -0.39 is 0 Å². The van der Waals surface area contributed by atoms with E-state index in [9.17, 15) is 0 Å². The molecular formula is C13H23N3. The van der Waals surface area contributed by atoms with E-state index >= 15 is 0 Å². The van der Waals surface area contributed by atoms with Crippen molar-refractivity contribution in [3.8, 4) is 0 Å². The molecule has 3 heteroatoms. The van der Waals surface area contributed by atoms with Crippen molar-refractivity contribution < 1.29 is 0 Å². The Kier molecular flexibility index (Phi) is 3.31. The minimum atomic E-state index is 0.397. The Morgan fingerprint density at radius 2 is 2.06 bits per heavy atom. The Hall–Kier alpha value is -0.860. The molecule has 0 saturated heterocycles. The summed E-state index contributed by atoms with van der Waals surface area (Å²) in [6, 6.07) is 0. The van der Waals surface area contributed by atoms with Crippen molar-refractivity contribution in [3.05, 3.63) is 11.4 Å². The summed E-state index contributed by atoms with van der Waals surface area (Å²) >= 11 is 0. The number of hydrogen-bond acceptors (Lipinski definition) is 2. The largest absolute Gasteiger partial charge is 0.249 e. The molecule has 0 unspecified atom stereocenters. The van der Waals surface area contributed by atoms with Gasteiger partial charge in [-0.3, -0.25) is 0 Å². The molecule has 1 aromatic heterocycles. The van der Waals surface area contributed by atoms with E-state index in [1.54, 1.807) is 0 Å². The van der Waals surface area contributed by atoms with Gasteiger partial charge >= 0.3 is 0 Å². The number of aromatic nitrogens is 3. The molecule has 0 atom stereocenters. The predicted octanol–water partition coefficient (Wildman–Crippen LogP) is 2.98. The van der Waals surface area contributed by atoms with Crippen LogP contribution in [0.25, 0.3) is 0 Å². The van der Waals surface area contributed by atoms with E-state index in [1.165, 1.54) is 37.1 Å². The molecule has 0 fully saturated rings. The minimum absolute atomic E-state index is 0.397. The normalized spacial score (nSPS) is 20.7. The molecule has 3 nitrogen and oxygen atoms in total. The molecule has 0 bridgehead atoms. The number of fused-ring (bicyclic) bond motifs is 1. The van der Waals surface area contributed by atoms with Gasteiger partial charge < -0.3 is 0 Å². The van der Waals surface area contributed by atoms with Crippen LogP contribution in [-0.2, 0) is 19.4 Å². The van der Waals surface area contributed by atoms with Gasteiger partial charge in [0.2, 0.25) is 0 Å². The van der Waals surface area contributed by atoms with Crippen LogP contribution in [0.4, 0.5) is 0 Å². The third-order valence-electron chi connectivity index (χ3n) is 3.63. The smallest absolute Gasteiger partial charge is 0.0859 e. The maximum absolute atomic E-state index is 4.35. The molecule has 0 aromatic carbocycles. The van der Waals surface area contributed by atoms with Crippen LogP contribution in [0.5, 0.6) is 0 Å². The van der Waals surface area contributed by atoms with Crippen LogP contribution >= 0.6 is 0 Å². The fraction of sp³-hybridized carbons (Fsp3) is 0.846. The number of rotatable bonds is 1. The zero-order valence-electron chi connectivity index (χ0n) is 10.8. The third kappa shape index (κ3) is 2.45. The van der Waals surface area contributed by atoms with Crippen molar-refractivity contribution in [1.82, 2.24) is 15.0 Å². The molecule has 2 rings (SSSR count). The zero-order valence-corrected chi connectivity index (χ0v) is 10.8. The van der Waals surface area contributed by atoms with Gasteiger partial charge in [0.15, 0.2) is 0 Å². The Bertz CT molecular complexity index is 352. The first-order valence-corrected chi connectivity index (χ1v) is 6.53. The Morgan fingerprint density at radius 1 is 1.25 bits per heavy atom. The van der Waals surface area contributed by atoms with Crippen LogP contribution in [0.3, 0.4) is 0 Å². The molecule has 0 N–H and O–H groups in total. The van der Waals surface area contributed by atoms with Gasteiger partial charge in [-0.15, -0.1) is 5.10 Å². The second-order valence-electron chi connectivity index (χ2n) is 5.70. The van der Waals surface area contributed by atoms with Crippen molar-refractivity contribution in [2.75, 3.05) is 0 Å². The molecule has 1 heterocycles. The van der Waals surface area contributed by atoms with Crippen molar-refractivity contribution in [2.45, 2.75) is 65.8 Å². The number of aryl methyl sites for hydroxylation is 2. The lowest BCUT2D eigenvalue weighted by molar-refractivity contribution is 0.311. The van der Waals surface area contributed by atoms with Gasteiger partial charge in [0.25, 0.3) is 0 Å². The van der Waals surface area contributed by atoms with E-state index in [0.29, 0.717) is 5.41 Å². The van der Waals surface area contributed by atoms with Gasteiger partial charge in [-0.05, 0) is 38.0 Å².